The molecule has 1 aliphatic rings. The van der Waals surface area contributed by atoms with E-state index >= 15 is 0 Å². The van der Waals surface area contributed by atoms with Crippen molar-refractivity contribution in [3.8, 4) is 5.75 Å². The third-order valence-corrected chi connectivity index (χ3v) is 4.23. The molecule has 2 aromatic carbocycles. The molecule has 0 saturated carbocycles. The van der Waals surface area contributed by atoms with E-state index in [1.54, 1.807) is 42.5 Å². The lowest BCUT2D eigenvalue weighted by Crippen LogP contribution is -2.61. The first-order chi connectivity index (χ1) is 13.1. The van der Waals surface area contributed by atoms with E-state index in [1.807, 2.05) is 19.9 Å². The summed E-state index contributed by atoms with van der Waals surface area (Å²) >= 11 is 0. The average Bonchev–Trinajstić information content (AvgIpc) is 2.99. The number of rotatable bonds is 4. The van der Waals surface area contributed by atoms with E-state index in [4.69, 9.17) is 4.74 Å². The predicted molar refractivity (Wildman–Crippen MR) is 96.8 cm³/mol. The van der Waals surface area contributed by atoms with Gasteiger partial charge in [0.25, 0.3) is 11.6 Å². The largest absolute Gasteiger partial charge is 0.484 e. The Balaban J connectivity index is 1.82. The Bertz CT molecular complexity index is 892. The van der Waals surface area contributed by atoms with Gasteiger partial charge in [-0.25, -0.2) is 5.01 Å². The van der Waals surface area contributed by atoms with Crippen LogP contribution in [-0.2, 0) is 4.79 Å². The van der Waals surface area contributed by atoms with Crippen LogP contribution in [-0.4, -0.2) is 34.5 Å². The highest BCUT2D eigenvalue weighted by Crippen LogP contribution is 2.39. The van der Waals surface area contributed by atoms with Crippen molar-refractivity contribution < 1.29 is 27.8 Å². The molecule has 8 heteroatoms. The molecule has 1 atom stereocenters. The van der Waals surface area contributed by atoms with E-state index in [1.165, 1.54) is 0 Å². The topological polar surface area (TPSA) is 61.8 Å². The summed E-state index contributed by atoms with van der Waals surface area (Å²) in [6, 6.07) is 13.3. The van der Waals surface area contributed by atoms with Gasteiger partial charge in [0.05, 0.1) is 5.70 Å². The van der Waals surface area contributed by atoms with Crippen LogP contribution in [0.25, 0.3) is 5.70 Å². The van der Waals surface area contributed by atoms with Gasteiger partial charge >= 0.3 is 6.18 Å². The molecule has 0 radical (unpaired) electrons. The average molecular weight is 392 g/mol. The van der Waals surface area contributed by atoms with Crippen molar-refractivity contribution in [2.24, 2.45) is 0 Å². The maximum absolute atomic E-state index is 13.5. The summed E-state index contributed by atoms with van der Waals surface area (Å²) in [5.74, 6) is -0.710. The molecule has 5 nitrogen and oxygen atoms in total. The number of nitrogens with one attached hydrogen (secondary N) is 1. The van der Waals surface area contributed by atoms with Crippen LogP contribution >= 0.6 is 0 Å². The molecule has 148 valence electrons. The molecule has 1 heterocycles. The molecule has 0 unspecified atom stereocenters. The molecule has 2 N–H and O–H groups in total. The van der Waals surface area contributed by atoms with Crippen LogP contribution in [0.2, 0.25) is 0 Å². The van der Waals surface area contributed by atoms with E-state index in [0.29, 0.717) is 17.4 Å². The van der Waals surface area contributed by atoms with Gasteiger partial charge in [0.15, 0.2) is 6.61 Å². The molecular weight excluding hydrogens is 373 g/mol. The molecule has 0 fully saturated rings. The fourth-order valence-electron chi connectivity index (χ4n) is 2.96. The smallest absolute Gasteiger partial charge is 0.442 e. The Hall–Kier alpha value is -3.00. The fraction of sp³-hybridized carbons (Fsp3) is 0.250. The fourth-order valence-corrected chi connectivity index (χ4v) is 2.96. The van der Waals surface area contributed by atoms with Crippen LogP contribution in [0.15, 0.2) is 54.6 Å². The van der Waals surface area contributed by atoms with Gasteiger partial charge in [-0.2, -0.15) is 13.2 Å². The quantitative estimate of drug-likeness (QED) is 0.838. The monoisotopic (exact) mass is 392 g/mol. The highest BCUT2D eigenvalue weighted by molar-refractivity contribution is 5.82. The van der Waals surface area contributed by atoms with Gasteiger partial charge in [0.1, 0.15) is 5.75 Å². The molecule has 3 rings (SSSR count). The van der Waals surface area contributed by atoms with Crippen molar-refractivity contribution in [2.45, 2.75) is 25.7 Å². The number of carbonyl (C=O) groups is 1. The number of halogens is 3. The molecule has 0 spiro atoms. The Morgan fingerprint density at radius 2 is 1.75 bits per heavy atom. The van der Waals surface area contributed by atoms with Crippen LogP contribution in [0.1, 0.15) is 16.7 Å². The van der Waals surface area contributed by atoms with Gasteiger partial charge in [-0.05, 0) is 42.7 Å². The second-order valence-electron chi connectivity index (χ2n) is 6.60. The van der Waals surface area contributed by atoms with Crippen LogP contribution in [0.4, 0.5) is 13.2 Å². The lowest BCUT2D eigenvalue weighted by Gasteiger charge is -2.33. The van der Waals surface area contributed by atoms with Gasteiger partial charge in [-0.1, -0.05) is 36.4 Å². The number of aryl methyl sites for hydroxylation is 2. The first-order valence-electron chi connectivity index (χ1n) is 8.48. The molecule has 0 bridgehead atoms. The highest BCUT2D eigenvalue weighted by atomic mass is 19.4. The number of hydrogen-bond acceptors (Lipinski definition) is 4. The molecule has 28 heavy (non-hydrogen) atoms. The van der Waals surface area contributed by atoms with Crippen molar-refractivity contribution in [1.29, 1.82) is 0 Å². The van der Waals surface area contributed by atoms with E-state index < -0.39 is 24.4 Å². The predicted octanol–water partition coefficient (Wildman–Crippen LogP) is 3.32. The van der Waals surface area contributed by atoms with E-state index in [-0.39, 0.29) is 10.7 Å². The van der Waals surface area contributed by atoms with Crippen LogP contribution < -0.4 is 10.2 Å². The van der Waals surface area contributed by atoms with Crippen molar-refractivity contribution in [3.63, 3.8) is 0 Å². The molecule has 0 aliphatic carbocycles. The van der Waals surface area contributed by atoms with Crippen LogP contribution in [0.3, 0.4) is 0 Å². The number of carbonyl (C=O) groups excluding carboxylic acids is 1. The summed E-state index contributed by atoms with van der Waals surface area (Å²) in [4.78, 5) is 12.5. The normalized spacial score (nSPS) is 19.2. The van der Waals surface area contributed by atoms with Gasteiger partial charge in [-0.3, -0.25) is 10.2 Å². The number of hydrogen-bond donors (Lipinski definition) is 2. The summed E-state index contributed by atoms with van der Waals surface area (Å²) in [5, 5.41) is 10.4. The third kappa shape index (κ3) is 3.82. The summed E-state index contributed by atoms with van der Waals surface area (Å²) in [6.45, 7) is 2.99. The molecule has 1 amide bonds. The van der Waals surface area contributed by atoms with Crippen LogP contribution in [0.5, 0.6) is 5.75 Å². The van der Waals surface area contributed by atoms with Gasteiger partial charge in [0.2, 0.25) is 0 Å². The van der Waals surface area contributed by atoms with E-state index in [9.17, 15) is 23.1 Å². The molecule has 0 saturated heterocycles. The zero-order valence-electron chi connectivity index (χ0n) is 15.2. The summed E-state index contributed by atoms with van der Waals surface area (Å²) in [6.07, 6.45) is -4.52. The first kappa shape index (κ1) is 19.8. The highest BCUT2D eigenvalue weighted by Gasteiger charge is 2.61. The van der Waals surface area contributed by atoms with Crippen molar-refractivity contribution in [3.05, 3.63) is 71.3 Å². The zero-order chi connectivity index (χ0) is 20.5. The van der Waals surface area contributed by atoms with Crippen LogP contribution in [0, 0.1) is 13.8 Å². The summed E-state index contributed by atoms with van der Waals surface area (Å²) in [5.41, 5.74) is 1.02. The number of benzene rings is 2. The van der Waals surface area contributed by atoms with Gasteiger partial charge in [0, 0.05) is 6.08 Å². The maximum Gasteiger partial charge on any atom is 0.442 e. The van der Waals surface area contributed by atoms with E-state index in [2.05, 4.69) is 5.43 Å². The molecule has 1 aliphatic heterocycles. The number of ether oxygens (including phenoxy) is 1. The Morgan fingerprint density at radius 1 is 1.14 bits per heavy atom. The standard InChI is InChI=1S/C20H19F3N2O3/c1-13-8-14(2)10-16(9-13)28-12-18(26)25-19(27,20(21,22)23)11-17(24-25)15-6-4-3-5-7-15/h3-11,24,27H,12H2,1-2H3/t19-/m1/s1. The van der Waals surface area contributed by atoms with Crippen molar-refractivity contribution in [1.82, 2.24) is 10.4 Å². The number of amides is 1. The SMILES string of the molecule is Cc1cc(C)cc(OCC(=O)N2NC(c3ccccc3)=C[C@@]2(O)C(F)(F)F)c1. The Morgan fingerprint density at radius 3 is 2.32 bits per heavy atom. The minimum absolute atomic E-state index is 0.0276. The Labute approximate surface area is 160 Å². The van der Waals surface area contributed by atoms with Crippen molar-refractivity contribution in [2.75, 3.05) is 6.61 Å². The maximum atomic E-state index is 13.5. The molecule has 2 aromatic rings. The number of alkyl halides is 3. The minimum Gasteiger partial charge on any atom is -0.484 e. The summed E-state index contributed by atoms with van der Waals surface area (Å²) in [7, 11) is 0. The van der Waals surface area contributed by atoms with Gasteiger partial charge in [-0.15, -0.1) is 0 Å². The minimum atomic E-state index is -5.11. The summed E-state index contributed by atoms with van der Waals surface area (Å²) < 4.78 is 46.0. The van der Waals surface area contributed by atoms with E-state index in [0.717, 1.165) is 11.1 Å². The first-order valence-corrected chi connectivity index (χ1v) is 8.48. The lowest BCUT2D eigenvalue weighted by atomic mass is 10.1. The number of nitrogens with zero attached hydrogens (tertiary/aromatic N) is 1. The third-order valence-electron chi connectivity index (χ3n) is 4.23. The van der Waals surface area contributed by atoms with Gasteiger partial charge < -0.3 is 9.84 Å². The number of hydrazine groups is 1. The lowest BCUT2D eigenvalue weighted by molar-refractivity contribution is -0.289. The molecule has 0 aromatic heterocycles. The Kier molecular flexibility index (Phi) is 5.08. The second-order valence-corrected chi connectivity index (χ2v) is 6.60. The zero-order valence-corrected chi connectivity index (χ0v) is 15.2. The second kappa shape index (κ2) is 7.20. The van der Waals surface area contributed by atoms with Crippen molar-refractivity contribution >= 4 is 11.6 Å². The molecular formula is C20H19F3N2O3. The number of aliphatic hydroxyl groups is 1.